The molecule has 0 aromatic rings. The average Bonchev–Trinajstić information content (AvgIpc) is 2.52. The van der Waals surface area contributed by atoms with Gasteiger partial charge in [0.25, 0.3) is 0 Å². The fraction of sp³-hybridized carbons (Fsp3) is 1.00. The normalized spacial score (nSPS) is 22.4. The van der Waals surface area contributed by atoms with E-state index in [4.69, 9.17) is 0 Å². The predicted octanol–water partition coefficient (Wildman–Crippen LogP) is 2.66. The molecule has 1 aliphatic rings. The van der Waals surface area contributed by atoms with Crippen molar-refractivity contribution < 1.29 is 0 Å². The first-order valence-corrected chi connectivity index (χ1v) is 5.08. The second-order valence-electron chi connectivity index (χ2n) is 3.73. The van der Waals surface area contributed by atoms with E-state index in [0.717, 1.165) is 6.04 Å². The van der Waals surface area contributed by atoms with Gasteiger partial charge in [-0.2, -0.15) is 0 Å². The highest BCUT2D eigenvalue weighted by atomic mass is 15.2. The molecule has 1 nitrogen and oxygen atoms in total. The molecule has 66 valence electrons. The molecule has 0 saturated carbocycles. The third-order valence-electron chi connectivity index (χ3n) is 2.74. The van der Waals surface area contributed by atoms with Gasteiger partial charge in [0.1, 0.15) is 0 Å². The van der Waals surface area contributed by atoms with Crippen molar-refractivity contribution in [1.29, 1.82) is 0 Å². The lowest BCUT2D eigenvalue weighted by molar-refractivity contribution is 0.243. The number of nitrogens with zero attached hydrogens (tertiary/aromatic N) is 1. The molecule has 1 rings (SSSR count). The number of rotatable bonds is 4. The van der Waals surface area contributed by atoms with E-state index in [1.165, 1.54) is 45.2 Å². The Morgan fingerprint density at radius 1 is 1.27 bits per heavy atom. The zero-order chi connectivity index (χ0) is 8.10. The predicted molar refractivity (Wildman–Crippen MR) is 49.8 cm³/mol. The molecule has 1 heteroatoms. The maximum Gasteiger partial charge on any atom is 0.00669 e. The van der Waals surface area contributed by atoms with E-state index >= 15 is 0 Å². The molecule has 1 heterocycles. The summed E-state index contributed by atoms with van der Waals surface area (Å²) in [5.41, 5.74) is 0. The summed E-state index contributed by atoms with van der Waals surface area (Å²) in [7, 11) is 0. The van der Waals surface area contributed by atoms with Crippen molar-refractivity contribution in [2.45, 2.75) is 52.0 Å². The van der Waals surface area contributed by atoms with E-state index in [-0.39, 0.29) is 0 Å². The molecular formula is C10H21N. The molecule has 0 radical (unpaired) electrons. The van der Waals surface area contributed by atoms with Gasteiger partial charge in [0.05, 0.1) is 0 Å². The molecule has 1 saturated heterocycles. The van der Waals surface area contributed by atoms with Crippen molar-refractivity contribution in [2.75, 3.05) is 13.1 Å². The van der Waals surface area contributed by atoms with Gasteiger partial charge in [0.2, 0.25) is 0 Å². The van der Waals surface area contributed by atoms with Gasteiger partial charge >= 0.3 is 0 Å². The minimum Gasteiger partial charge on any atom is -0.301 e. The van der Waals surface area contributed by atoms with Crippen molar-refractivity contribution in [3.05, 3.63) is 0 Å². The number of likely N-dealkylation sites (tertiary alicyclic amines) is 1. The zero-order valence-electron chi connectivity index (χ0n) is 7.97. The molecule has 0 spiro atoms. The van der Waals surface area contributed by atoms with Crippen LogP contribution in [-0.4, -0.2) is 24.0 Å². The van der Waals surface area contributed by atoms with E-state index in [0.29, 0.717) is 0 Å². The molecule has 0 aromatic carbocycles. The van der Waals surface area contributed by atoms with Crippen molar-refractivity contribution >= 4 is 0 Å². The van der Waals surface area contributed by atoms with E-state index in [2.05, 4.69) is 18.7 Å². The Bertz CT molecular complexity index is 95.0. The summed E-state index contributed by atoms with van der Waals surface area (Å²) in [6, 6.07) is 0.845. The summed E-state index contributed by atoms with van der Waals surface area (Å²) in [4.78, 5) is 2.63. The second-order valence-corrected chi connectivity index (χ2v) is 3.73. The summed E-state index contributed by atoms with van der Waals surface area (Å²) < 4.78 is 0. The molecule has 11 heavy (non-hydrogen) atoms. The number of hydrogen-bond acceptors (Lipinski definition) is 1. The van der Waals surface area contributed by atoms with Crippen molar-refractivity contribution in [3.8, 4) is 0 Å². The fourth-order valence-corrected chi connectivity index (χ4v) is 1.86. The highest BCUT2D eigenvalue weighted by Gasteiger charge is 2.16. The molecule has 0 aromatic heterocycles. The highest BCUT2D eigenvalue weighted by Crippen LogP contribution is 2.15. The molecule has 1 aliphatic heterocycles. The Balaban J connectivity index is 2.12. The van der Waals surface area contributed by atoms with Crippen LogP contribution >= 0.6 is 0 Å². The minimum absolute atomic E-state index is 0.845. The SMILES string of the molecule is CCCC[C@H](C)N1CCCC1. The lowest BCUT2D eigenvalue weighted by Crippen LogP contribution is -2.29. The quantitative estimate of drug-likeness (QED) is 0.603. The van der Waals surface area contributed by atoms with Crippen LogP contribution in [0.25, 0.3) is 0 Å². The van der Waals surface area contributed by atoms with E-state index in [1.807, 2.05) is 0 Å². The Morgan fingerprint density at radius 2 is 1.91 bits per heavy atom. The van der Waals surface area contributed by atoms with Crippen LogP contribution in [0.5, 0.6) is 0 Å². The lowest BCUT2D eigenvalue weighted by Gasteiger charge is -2.23. The molecule has 0 aliphatic carbocycles. The minimum atomic E-state index is 0.845. The smallest absolute Gasteiger partial charge is 0.00669 e. The zero-order valence-corrected chi connectivity index (χ0v) is 7.97. The summed E-state index contributed by atoms with van der Waals surface area (Å²) in [6.45, 7) is 7.35. The number of unbranched alkanes of at least 4 members (excludes halogenated alkanes) is 1. The standard InChI is InChI=1S/C10H21N/c1-3-4-7-10(2)11-8-5-6-9-11/h10H,3-9H2,1-2H3/t10-/m0/s1. The first-order valence-electron chi connectivity index (χ1n) is 5.08. The number of hydrogen-bond donors (Lipinski definition) is 0. The fourth-order valence-electron chi connectivity index (χ4n) is 1.86. The van der Waals surface area contributed by atoms with Crippen LogP contribution in [0.4, 0.5) is 0 Å². The molecule has 0 amide bonds. The Kier molecular flexibility index (Phi) is 3.92. The van der Waals surface area contributed by atoms with Gasteiger partial charge in [-0.3, -0.25) is 0 Å². The molecule has 1 fully saturated rings. The Morgan fingerprint density at radius 3 is 2.45 bits per heavy atom. The van der Waals surface area contributed by atoms with Gasteiger partial charge in [-0.15, -0.1) is 0 Å². The van der Waals surface area contributed by atoms with Crippen molar-refractivity contribution in [2.24, 2.45) is 0 Å². The van der Waals surface area contributed by atoms with Crippen LogP contribution in [0.1, 0.15) is 46.0 Å². The van der Waals surface area contributed by atoms with E-state index in [9.17, 15) is 0 Å². The maximum absolute atomic E-state index is 2.63. The largest absolute Gasteiger partial charge is 0.301 e. The first kappa shape index (κ1) is 9.05. The first-order chi connectivity index (χ1) is 5.34. The van der Waals surface area contributed by atoms with E-state index < -0.39 is 0 Å². The van der Waals surface area contributed by atoms with Crippen LogP contribution in [0.2, 0.25) is 0 Å². The Labute approximate surface area is 70.8 Å². The third-order valence-corrected chi connectivity index (χ3v) is 2.74. The van der Waals surface area contributed by atoms with Gasteiger partial charge in [-0.25, -0.2) is 0 Å². The van der Waals surface area contributed by atoms with Crippen LogP contribution in [0.15, 0.2) is 0 Å². The van der Waals surface area contributed by atoms with E-state index in [1.54, 1.807) is 0 Å². The van der Waals surface area contributed by atoms with Crippen molar-refractivity contribution in [1.82, 2.24) is 4.90 Å². The molecule has 0 bridgehead atoms. The molecule has 1 atom stereocenters. The summed E-state index contributed by atoms with van der Waals surface area (Å²) in [5, 5.41) is 0. The summed E-state index contributed by atoms with van der Waals surface area (Å²) >= 11 is 0. The monoisotopic (exact) mass is 155 g/mol. The lowest BCUT2D eigenvalue weighted by atomic mass is 10.1. The summed E-state index contributed by atoms with van der Waals surface area (Å²) in [6.07, 6.45) is 7.00. The summed E-state index contributed by atoms with van der Waals surface area (Å²) in [5.74, 6) is 0. The van der Waals surface area contributed by atoms with Gasteiger partial charge in [-0.1, -0.05) is 19.8 Å². The van der Waals surface area contributed by atoms with Gasteiger partial charge in [0, 0.05) is 6.04 Å². The van der Waals surface area contributed by atoms with Gasteiger partial charge in [0.15, 0.2) is 0 Å². The molecular weight excluding hydrogens is 134 g/mol. The Hall–Kier alpha value is -0.0400. The molecule has 0 N–H and O–H groups in total. The van der Waals surface area contributed by atoms with Crippen molar-refractivity contribution in [3.63, 3.8) is 0 Å². The van der Waals surface area contributed by atoms with Crippen LogP contribution in [0, 0.1) is 0 Å². The van der Waals surface area contributed by atoms with Crippen LogP contribution < -0.4 is 0 Å². The van der Waals surface area contributed by atoms with Gasteiger partial charge in [-0.05, 0) is 39.3 Å². The third kappa shape index (κ3) is 2.82. The highest BCUT2D eigenvalue weighted by molar-refractivity contribution is 4.72. The average molecular weight is 155 g/mol. The second kappa shape index (κ2) is 4.76. The van der Waals surface area contributed by atoms with Crippen LogP contribution in [-0.2, 0) is 0 Å². The van der Waals surface area contributed by atoms with Gasteiger partial charge < -0.3 is 4.90 Å². The maximum atomic E-state index is 2.63. The van der Waals surface area contributed by atoms with Crippen LogP contribution in [0.3, 0.4) is 0 Å². The molecule has 0 unspecified atom stereocenters. The topological polar surface area (TPSA) is 3.24 Å².